The lowest BCUT2D eigenvalue weighted by Crippen LogP contribution is -2.40. The Hall–Kier alpha value is -2.76. The van der Waals surface area contributed by atoms with E-state index in [9.17, 15) is 13.2 Å². The van der Waals surface area contributed by atoms with Gasteiger partial charge < -0.3 is 14.4 Å². The molecule has 0 spiro atoms. The van der Waals surface area contributed by atoms with Crippen LogP contribution in [0.25, 0.3) is 22.3 Å². The molecule has 1 unspecified atom stereocenters. The van der Waals surface area contributed by atoms with E-state index in [-0.39, 0.29) is 16.7 Å². The number of aromatic nitrogens is 4. The summed E-state index contributed by atoms with van der Waals surface area (Å²) in [5, 5.41) is 9.98. The second-order valence-corrected chi connectivity index (χ2v) is 10.5. The van der Waals surface area contributed by atoms with Gasteiger partial charge in [-0.1, -0.05) is 0 Å². The van der Waals surface area contributed by atoms with Crippen LogP contribution in [0.1, 0.15) is 25.5 Å². The van der Waals surface area contributed by atoms with Gasteiger partial charge in [0.2, 0.25) is 0 Å². The highest BCUT2D eigenvalue weighted by atomic mass is 32.2. The normalized spacial score (nSPS) is 19.8. The molecule has 4 heterocycles. The topological polar surface area (TPSA) is 109 Å². The van der Waals surface area contributed by atoms with E-state index in [2.05, 4.69) is 5.10 Å². The molecule has 3 aromatic rings. The van der Waals surface area contributed by atoms with Crippen LogP contribution in [0.3, 0.4) is 0 Å². The Labute approximate surface area is 191 Å². The molecule has 176 valence electrons. The van der Waals surface area contributed by atoms with Crippen LogP contribution < -0.4 is 10.5 Å². The molecule has 2 aromatic heterocycles. The number of benzene rings is 1. The summed E-state index contributed by atoms with van der Waals surface area (Å²) in [6, 6.07) is 6.74. The maximum absolute atomic E-state index is 12.8. The minimum absolute atomic E-state index is 0.197. The number of sulfone groups is 1. The van der Waals surface area contributed by atoms with Crippen LogP contribution in [-0.4, -0.2) is 67.1 Å². The highest BCUT2D eigenvalue weighted by Gasteiger charge is 2.25. The molecular formula is C22H27N5O5S. The van der Waals surface area contributed by atoms with Crippen LogP contribution in [0.5, 0.6) is 0 Å². The van der Waals surface area contributed by atoms with E-state index < -0.39 is 9.84 Å². The monoisotopic (exact) mass is 473 g/mol. The van der Waals surface area contributed by atoms with E-state index in [1.165, 1.54) is 10.9 Å². The van der Waals surface area contributed by atoms with E-state index in [0.717, 1.165) is 24.8 Å². The van der Waals surface area contributed by atoms with Crippen molar-refractivity contribution in [1.82, 2.24) is 19.6 Å². The summed E-state index contributed by atoms with van der Waals surface area (Å²) in [5.41, 5.74) is 2.13. The minimum atomic E-state index is -3.42. The van der Waals surface area contributed by atoms with E-state index in [1.54, 1.807) is 31.3 Å². The van der Waals surface area contributed by atoms with Crippen LogP contribution in [0, 0.1) is 0 Å². The van der Waals surface area contributed by atoms with Crippen molar-refractivity contribution in [3.05, 3.63) is 34.6 Å². The molecule has 2 saturated heterocycles. The zero-order chi connectivity index (χ0) is 23.2. The first kappa shape index (κ1) is 22.1. The number of rotatable bonds is 4. The standard InChI is InChI=1S/C22H27N5O5S/c1-25-22(28)19(26-8-11-31-12-9-26)14-17(23-25)21-16-13-15(33(2,29)30)6-7-18(16)27(24-21)20-5-3-4-10-32-20/h6-7,13-14,20H,3-5,8-12H2,1-2H3. The number of nitrogens with zero attached hydrogens (tertiary/aromatic N) is 5. The van der Waals surface area contributed by atoms with Gasteiger partial charge in [-0.2, -0.15) is 10.2 Å². The van der Waals surface area contributed by atoms with Gasteiger partial charge in [-0.05, 0) is 43.5 Å². The number of anilines is 1. The summed E-state index contributed by atoms with van der Waals surface area (Å²) in [7, 11) is -1.80. The average Bonchev–Trinajstić information content (AvgIpc) is 3.20. The molecule has 0 N–H and O–H groups in total. The largest absolute Gasteiger partial charge is 0.378 e. The van der Waals surface area contributed by atoms with Gasteiger partial charge in [0, 0.05) is 38.4 Å². The molecule has 2 fully saturated rings. The number of hydrogen-bond acceptors (Lipinski definition) is 8. The fourth-order valence-electron chi connectivity index (χ4n) is 4.42. The first-order valence-corrected chi connectivity index (χ1v) is 13.0. The molecule has 0 saturated carbocycles. The van der Waals surface area contributed by atoms with Crippen LogP contribution in [0.15, 0.2) is 34.0 Å². The third-order valence-corrected chi connectivity index (χ3v) is 7.28. The van der Waals surface area contributed by atoms with Crippen LogP contribution in [0.2, 0.25) is 0 Å². The number of hydrogen-bond donors (Lipinski definition) is 0. The Bertz CT molecular complexity index is 1350. The molecule has 1 atom stereocenters. The van der Waals surface area contributed by atoms with Crippen molar-refractivity contribution in [2.24, 2.45) is 7.05 Å². The Morgan fingerprint density at radius 3 is 2.55 bits per heavy atom. The summed E-state index contributed by atoms with van der Waals surface area (Å²) in [6.45, 7) is 2.98. The average molecular weight is 474 g/mol. The van der Waals surface area contributed by atoms with Crippen molar-refractivity contribution in [3.63, 3.8) is 0 Å². The smallest absolute Gasteiger partial charge is 0.290 e. The predicted molar refractivity (Wildman–Crippen MR) is 123 cm³/mol. The van der Waals surface area contributed by atoms with Gasteiger partial charge in [0.25, 0.3) is 5.56 Å². The van der Waals surface area contributed by atoms with Crippen molar-refractivity contribution < 1.29 is 17.9 Å². The second-order valence-electron chi connectivity index (χ2n) is 8.51. The summed E-state index contributed by atoms with van der Waals surface area (Å²) >= 11 is 0. The van der Waals surface area contributed by atoms with Crippen molar-refractivity contribution in [3.8, 4) is 11.4 Å². The van der Waals surface area contributed by atoms with E-state index in [4.69, 9.17) is 14.6 Å². The van der Waals surface area contributed by atoms with Crippen molar-refractivity contribution in [2.45, 2.75) is 30.4 Å². The van der Waals surface area contributed by atoms with Crippen molar-refractivity contribution >= 4 is 26.4 Å². The summed E-state index contributed by atoms with van der Waals surface area (Å²) < 4.78 is 39.0. The summed E-state index contributed by atoms with van der Waals surface area (Å²) in [4.78, 5) is 15.0. The number of fused-ring (bicyclic) bond motifs is 1. The van der Waals surface area contributed by atoms with Gasteiger partial charge >= 0.3 is 0 Å². The molecule has 0 bridgehead atoms. The maximum Gasteiger partial charge on any atom is 0.290 e. The molecule has 11 heteroatoms. The second kappa shape index (κ2) is 8.54. The summed E-state index contributed by atoms with van der Waals surface area (Å²) in [5.74, 6) is 0. The Morgan fingerprint density at radius 1 is 1.06 bits per heavy atom. The van der Waals surface area contributed by atoms with Crippen LogP contribution in [0.4, 0.5) is 5.69 Å². The van der Waals surface area contributed by atoms with Gasteiger partial charge in [0.05, 0.1) is 23.6 Å². The third-order valence-electron chi connectivity index (χ3n) is 6.17. The van der Waals surface area contributed by atoms with Crippen LogP contribution >= 0.6 is 0 Å². The lowest BCUT2D eigenvalue weighted by molar-refractivity contribution is -0.0365. The Kier molecular flexibility index (Phi) is 5.71. The fraction of sp³-hybridized carbons (Fsp3) is 0.500. The molecule has 33 heavy (non-hydrogen) atoms. The number of aryl methyl sites for hydroxylation is 1. The molecule has 1 aromatic carbocycles. The van der Waals surface area contributed by atoms with Crippen molar-refractivity contribution in [2.75, 3.05) is 44.1 Å². The van der Waals surface area contributed by atoms with Gasteiger partial charge in [0.1, 0.15) is 17.1 Å². The van der Waals surface area contributed by atoms with Gasteiger partial charge in [-0.25, -0.2) is 17.8 Å². The molecule has 0 radical (unpaired) electrons. The van der Waals surface area contributed by atoms with E-state index >= 15 is 0 Å². The minimum Gasteiger partial charge on any atom is -0.378 e. The predicted octanol–water partition coefficient (Wildman–Crippen LogP) is 1.74. The molecule has 0 aliphatic carbocycles. The molecule has 5 rings (SSSR count). The number of ether oxygens (including phenoxy) is 2. The maximum atomic E-state index is 12.8. The Morgan fingerprint density at radius 2 is 1.85 bits per heavy atom. The van der Waals surface area contributed by atoms with E-state index in [0.29, 0.717) is 55.4 Å². The first-order valence-electron chi connectivity index (χ1n) is 11.1. The molecule has 2 aliphatic rings. The number of morpholine rings is 1. The lowest BCUT2D eigenvalue weighted by Gasteiger charge is -2.28. The third kappa shape index (κ3) is 4.16. The van der Waals surface area contributed by atoms with Gasteiger partial charge in [-0.15, -0.1) is 0 Å². The molecular weight excluding hydrogens is 446 g/mol. The summed E-state index contributed by atoms with van der Waals surface area (Å²) in [6.07, 6.45) is 3.81. The van der Waals surface area contributed by atoms with Crippen LogP contribution in [-0.2, 0) is 26.4 Å². The lowest BCUT2D eigenvalue weighted by atomic mass is 10.1. The SMILES string of the molecule is Cn1nc(-c2nn(C3CCCCO3)c3ccc(S(C)(=O)=O)cc23)cc(N2CCOCC2)c1=O. The highest BCUT2D eigenvalue weighted by molar-refractivity contribution is 7.90. The zero-order valence-corrected chi connectivity index (χ0v) is 19.5. The molecule has 0 amide bonds. The van der Waals surface area contributed by atoms with Crippen molar-refractivity contribution in [1.29, 1.82) is 0 Å². The zero-order valence-electron chi connectivity index (χ0n) is 18.7. The van der Waals surface area contributed by atoms with Gasteiger partial charge in [-0.3, -0.25) is 4.79 Å². The fourth-order valence-corrected chi connectivity index (χ4v) is 5.06. The van der Waals surface area contributed by atoms with Gasteiger partial charge in [0.15, 0.2) is 16.1 Å². The quantitative estimate of drug-likeness (QED) is 0.564. The molecule has 10 nitrogen and oxygen atoms in total. The first-order chi connectivity index (χ1) is 15.8. The highest BCUT2D eigenvalue weighted by Crippen LogP contribution is 2.34. The van der Waals surface area contributed by atoms with E-state index in [1.807, 2.05) is 9.58 Å². The Balaban J connectivity index is 1.71. The molecule has 2 aliphatic heterocycles.